The molecule has 2 N–H and O–H groups in total. The Morgan fingerprint density at radius 1 is 1.44 bits per heavy atom. The van der Waals surface area contributed by atoms with Crippen molar-refractivity contribution in [3.05, 3.63) is 35.7 Å². The van der Waals surface area contributed by atoms with Gasteiger partial charge < -0.3 is 14.7 Å². The zero-order chi connectivity index (χ0) is 11.5. The topological polar surface area (TPSA) is 96.5 Å². The predicted molar refractivity (Wildman–Crippen MR) is 52.6 cm³/mol. The zero-order valence-electron chi connectivity index (χ0n) is 8.12. The molecule has 0 atom stereocenters. The minimum absolute atomic E-state index is 0.0933. The van der Waals surface area contributed by atoms with E-state index in [1.807, 2.05) is 0 Å². The van der Waals surface area contributed by atoms with Crippen LogP contribution in [-0.2, 0) is 6.61 Å². The van der Waals surface area contributed by atoms with Crippen molar-refractivity contribution in [1.82, 2.24) is 10.1 Å². The van der Waals surface area contributed by atoms with E-state index >= 15 is 0 Å². The summed E-state index contributed by atoms with van der Waals surface area (Å²) in [5, 5.41) is 21.2. The van der Waals surface area contributed by atoms with Crippen LogP contribution < -0.4 is 0 Å². The molecule has 16 heavy (non-hydrogen) atoms. The van der Waals surface area contributed by atoms with Crippen LogP contribution in [0.3, 0.4) is 0 Å². The number of rotatable bonds is 3. The first-order valence-corrected chi connectivity index (χ1v) is 4.48. The summed E-state index contributed by atoms with van der Waals surface area (Å²) < 4.78 is 4.71. The van der Waals surface area contributed by atoms with Crippen molar-refractivity contribution in [3.63, 3.8) is 0 Å². The van der Waals surface area contributed by atoms with E-state index in [4.69, 9.17) is 14.7 Å². The average molecular weight is 220 g/mol. The van der Waals surface area contributed by atoms with Crippen molar-refractivity contribution in [2.24, 2.45) is 0 Å². The molecule has 0 amide bonds. The molecule has 82 valence electrons. The molecule has 0 saturated carbocycles. The number of hydrogen-bond acceptors (Lipinski definition) is 5. The van der Waals surface area contributed by atoms with Gasteiger partial charge in [0.15, 0.2) is 0 Å². The minimum Gasteiger partial charge on any atom is -0.478 e. The lowest BCUT2D eigenvalue weighted by Crippen LogP contribution is -1.96. The molecule has 1 aromatic carbocycles. The number of carbonyl (C=O) groups is 1. The van der Waals surface area contributed by atoms with Crippen LogP contribution in [0.15, 0.2) is 28.8 Å². The van der Waals surface area contributed by atoms with Crippen molar-refractivity contribution in [3.8, 4) is 11.4 Å². The fourth-order valence-corrected chi connectivity index (χ4v) is 1.23. The van der Waals surface area contributed by atoms with E-state index in [0.717, 1.165) is 0 Å². The molecule has 1 aromatic heterocycles. The lowest BCUT2D eigenvalue weighted by molar-refractivity contribution is 0.0697. The fourth-order valence-electron chi connectivity index (χ4n) is 1.23. The van der Waals surface area contributed by atoms with Gasteiger partial charge in [-0.3, -0.25) is 0 Å². The first-order valence-electron chi connectivity index (χ1n) is 4.48. The highest BCUT2D eigenvalue weighted by molar-refractivity contribution is 5.89. The Morgan fingerprint density at radius 2 is 2.25 bits per heavy atom. The van der Waals surface area contributed by atoms with Gasteiger partial charge in [0, 0.05) is 5.56 Å². The van der Waals surface area contributed by atoms with E-state index < -0.39 is 5.97 Å². The molecule has 0 spiro atoms. The fraction of sp³-hybridized carbons (Fsp3) is 0.100. The Bertz CT molecular complexity index is 521. The number of aliphatic hydroxyl groups is 1. The third-order valence-electron chi connectivity index (χ3n) is 1.97. The van der Waals surface area contributed by atoms with Gasteiger partial charge in [0.1, 0.15) is 6.61 Å². The smallest absolute Gasteiger partial charge is 0.335 e. The third kappa shape index (κ3) is 1.91. The standard InChI is InChI=1S/C10H8N2O4/c13-5-8-11-9(12-16-8)6-2-1-3-7(4-6)10(14)15/h1-4,13H,5H2,(H,14,15). The first kappa shape index (κ1) is 10.3. The van der Waals surface area contributed by atoms with Crippen LogP contribution in [0.2, 0.25) is 0 Å². The van der Waals surface area contributed by atoms with E-state index in [2.05, 4.69) is 10.1 Å². The monoisotopic (exact) mass is 220 g/mol. The van der Waals surface area contributed by atoms with Gasteiger partial charge in [-0.15, -0.1) is 0 Å². The van der Waals surface area contributed by atoms with Crippen LogP contribution in [0.1, 0.15) is 16.2 Å². The molecule has 2 aromatic rings. The van der Waals surface area contributed by atoms with E-state index in [0.29, 0.717) is 5.56 Å². The normalized spacial score (nSPS) is 10.3. The third-order valence-corrected chi connectivity index (χ3v) is 1.97. The summed E-state index contributed by atoms with van der Waals surface area (Å²) in [6.45, 7) is -0.342. The summed E-state index contributed by atoms with van der Waals surface area (Å²) in [6.07, 6.45) is 0. The highest BCUT2D eigenvalue weighted by Gasteiger charge is 2.10. The second kappa shape index (κ2) is 4.11. The van der Waals surface area contributed by atoms with E-state index in [-0.39, 0.29) is 23.9 Å². The average Bonchev–Trinajstić information content (AvgIpc) is 2.77. The maximum absolute atomic E-state index is 10.7. The van der Waals surface area contributed by atoms with Gasteiger partial charge in [-0.25, -0.2) is 4.79 Å². The van der Waals surface area contributed by atoms with E-state index in [1.165, 1.54) is 12.1 Å². The van der Waals surface area contributed by atoms with Crippen molar-refractivity contribution in [2.45, 2.75) is 6.61 Å². The van der Waals surface area contributed by atoms with E-state index in [9.17, 15) is 4.79 Å². The van der Waals surface area contributed by atoms with Gasteiger partial charge >= 0.3 is 5.97 Å². The summed E-state index contributed by atoms with van der Waals surface area (Å²) in [7, 11) is 0. The van der Waals surface area contributed by atoms with Crippen LogP contribution in [0.4, 0.5) is 0 Å². The first-order chi connectivity index (χ1) is 7.70. The van der Waals surface area contributed by atoms with Crippen molar-refractivity contribution in [1.29, 1.82) is 0 Å². The molecule has 0 aliphatic carbocycles. The van der Waals surface area contributed by atoms with Crippen molar-refractivity contribution in [2.75, 3.05) is 0 Å². The Kier molecular flexibility index (Phi) is 2.65. The summed E-state index contributed by atoms with van der Waals surface area (Å²) in [6, 6.07) is 6.17. The number of benzene rings is 1. The lowest BCUT2D eigenvalue weighted by atomic mass is 10.1. The van der Waals surface area contributed by atoms with Crippen LogP contribution >= 0.6 is 0 Å². The van der Waals surface area contributed by atoms with E-state index in [1.54, 1.807) is 12.1 Å². The molecule has 1 heterocycles. The Morgan fingerprint density at radius 3 is 2.88 bits per heavy atom. The van der Waals surface area contributed by atoms with Gasteiger partial charge in [0.25, 0.3) is 5.89 Å². The van der Waals surface area contributed by atoms with Crippen molar-refractivity contribution < 1.29 is 19.5 Å². The molecule has 0 fully saturated rings. The Labute approximate surface area is 90.2 Å². The molecule has 0 unspecified atom stereocenters. The quantitative estimate of drug-likeness (QED) is 0.798. The summed E-state index contributed by atoms with van der Waals surface area (Å²) in [5.74, 6) is -0.671. The SMILES string of the molecule is O=C(O)c1cccc(-c2noc(CO)n2)c1. The summed E-state index contributed by atoms with van der Waals surface area (Å²) in [4.78, 5) is 14.6. The Balaban J connectivity index is 2.40. The maximum atomic E-state index is 10.7. The lowest BCUT2D eigenvalue weighted by Gasteiger charge is -1.96. The maximum Gasteiger partial charge on any atom is 0.335 e. The van der Waals surface area contributed by atoms with Crippen LogP contribution in [0.5, 0.6) is 0 Å². The van der Waals surface area contributed by atoms with Gasteiger partial charge in [0.05, 0.1) is 5.56 Å². The molecule has 6 heteroatoms. The second-order valence-electron chi connectivity index (χ2n) is 3.06. The van der Waals surface area contributed by atoms with Gasteiger partial charge in [-0.2, -0.15) is 4.98 Å². The number of aromatic nitrogens is 2. The second-order valence-corrected chi connectivity index (χ2v) is 3.06. The van der Waals surface area contributed by atoms with Crippen LogP contribution in [-0.4, -0.2) is 26.3 Å². The predicted octanol–water partition coefficient (Wildman–Crippen LogP) is 0.927. The highest BCUT2D eigenvalue weighted by atomic mass is 16.5. The van der Waals surface area contributed by atoms with Gasteiger partial charge in [0.2, 0.25) is 5.82 Å². The number of carboxylic acids is 1. The molecular formula is C10H8N2O4. The molecule has 0 aliphatic rings. The molecule has 0 aliphatic heterocycles. The summed E-state index contributed by atoms with van der Waals surface area (Å²) in [5.41, 5.74) is 0.677. The molecular weight excluding hydrogens is 212 g/mol. The minimum atomic E-state index is -1.02. The van der Waals surface area contributed by atoms with Crippen LogP contribution in [0.25, 0.3) is 11.4 Å². The summed E-state index contributed by atoms with van der Waals surface area (Å²) >= 11 is 0. The van der Waals surface area contributed by atoms with Crippen molar-refractivity contribution >= 4 is 5.97 Å². The zero-order valence-corrected chi connectivity index (χ0v) is 8.12. The number of aromatic carboxylic acids is 1. The molecule has 0 saturated heterocycles. The van der Waals surface area contributed by atoms with Crippen LogP contribution in [0, 0.1) is 0 Å². The number of aliphatic hydroxyl groups excluding tert-OH is 1. The molecule has 6 nitrogen and oxygen atoms in total. The largest absolute Gasteiger partial charge is 0.478 e. The molecule has 0 radical (unpaired) electrons. The number of carboxylic acid groups (broad SMARTS) is 1. The number of hydrogen-bond donors (Lipinski definition) is 2. The number of nitrogens with zero attached hydrogens (tertiary/aromatic N) is 2. The van der Waals surface area contributed by atoms with Gasteiger partial charge in [-0.05, 0) is 12.1 Å². The van der Waals surface area contributed by atoms with Gasteiger partial charge in [-0.1, -0.05) is 17.3 Å². The molecule has 2 rings (SSSR count). The Hall–Kier alpha value is -2.21. The molecule has 0 bridgehead atoms. The highest BCUT2D eigenvalue weighted by Crippen LogP contribution is 2.17.